The van der Waals surface area contributed by atoms with Crippen LogP contribution in [0.2, 0.25) is 0 Å². The molecule has 1 N–H and O–H groups in total. The van der Waals surface area contributed by atoms with Crippen LogP contribution in [-0.4, -0.2) is 31.1 Å². The lowest BCUT2D eigenvalue weighted by atomic mass is 10.1. The number of benzene rings is 3. The van der Waals surface area contributed by atoms with Crippen LogP contribution < -0.4 is 15.9 Å². The second kappa shape index (κ2) is 18.7. The molecule has 0 amide bonds. The summed E-state index contributed by atoms with van der Waals surface area (Å²) in [5, 5.41) is 13.3. The van der Waals surface area contributed by atoms with E-state index in [9.17, 15) is 0 Å². The SMILES string of the molecule is Br.OCCCCOCCCCCCCCCC[P+](c1ccccc1)(c1ccccc1)c1ccccc1. The van der Waals surface area contributed by atoms with Crippen molar-refractivity contribution in [3.05, 3.63) is 91.0 Å². The summed E-state index contributed by atoms with van der Waals surface area (Å²) in [4.78, 5) is 0. The number of hydrogen-bond donors (Lipinski definition) is 1. The Labute approximate surface area is 230 Å². The Hall–Kier alpha value is -1.51. The molecule has 0 aromatic heterocycles. The molecule has 2 nitrogen and oxygen atoms in total. The molecule has 0 spiro atoms. The Kier molecular flexibility index (Phi) is 15.9. The van der Waals surface area contributed by atoms with Crippen molar-refractivity contribution in [1.82, 2.24) is 0 Å². The molecule has 0 atom stereocenters. The third kappa shape index (κ3) is 9.75. The monoisotopic (exact) mass is 571 g/mol. The Morgan fingerprint density at radius 2 is 0.833 bits per heavy atom. The zero-order chi connectivity index (χ0) is 24.4. The first kappa shape index (κ1) is 30.7. The fourth-order valence-electron chi connectivity index (χ4n) is 4.91. The highest BCUT2D eigenvalue weighted by atomic mass is 79.9. The van der Waals surface area contributed by atoms with E-state index in [1.165, 1.54) is 67.0 Å². The van der Waals surface area contributed by atoms with Crippen molar-refractivity contribution in [2.75, 3.05) is 26.0 Å². The first-order chi connectivity index (χ1) is 17.4. The summed E-state index contributed by atoms with van der Waals surface area (Å²) < 4.78 is 5.63. The van der Waals surface area contributed by atoms with Crippen LogP contribution in [0.15, 0.2) is 91.0 Å². The molecule has 0 aliphatic heterocycles. The van der Waals surface area contributed by atoms with E-state index in [0.29, 0.717) is 0 Å². The molecule has 0 aliphatic rings. The van der Waals surface area contributed by atoms with E-state index in [4.69, 9.17) is 9.84 Å². The molecule has 196 valence electrons. The summed E-state index contributed by atoms with van der Waals surface area (Å²) in [6.45, 7) is 1.94. The van der Waals surface area contributed by atoms with Crippen LogP contribution in [0.3, 0.4) is 0 Å². The summed E-state index contributed by atoms with van der Waals surface area (Å²) in [5.41, 5.74) is 0. The van der Waals surface area contributed by atoms with Crippen LogP contribution in [0, 0.1) is 0 Å². The lowest BCUT2D eigenvalue weighted by Crippen LogP contribution is -2.33. The number of unbranched alkanes of at least 4 members (excludes halogenated alkanes) is 8. The van der Waals surface area contributed by atoms with Crippen molar-refractivity contribution in [3.63, 3.8) is 0 Å². The van der Waals surface area contributed by atoms with E-state index in [1.54, 1.807) is 0 Å². The minimum atomic E-state index is -1.67. The van der Waals surface area contributed by atoms with E-state index in [-0.39, 0.29) is 23.6 Å². The van der Waals surface area contributed by atoms with Gasteiger partial charge in [-0.3, -0.25) is 0 Å². The molecular weight excluding hydrogens is 527 g/mol. The van der Waals surface area contributed by atoms with Gasteiger partial charge in [0.05, 0.1) is 6.16 Å². The molecule has 0 saturated heterocycles. The maximum atomic E-state index is 8.79. The van der Waals surface area contributed by atoms with E-state index >= 15 is 0 Å². The van der Waals surface area contributed by atoms with Crippen molar-refractivity contribution in [2.45, 2.75) is 64.2 Å². The zero-order valence-electron chi connectivity index (χ0n) is 21.8. The van der Waals surface area contributed by atoms with Gasteiger partial charge in [0.1, 0.15) is 23.2 Å². The predicted molar refractivity (Wildman–Crippen MR) is 164 cm³/mol. The molecule has 0 bridgehead atoms. The highest BCUT2D eigenvalue weighted by Crippen LogP contribution is 2.55. The quantitative estimate of drug-likeness (QED) is 0.127. The van der Waals surface area contributed by atoms with Crippen molar-refractivity contribution >= 4 is 40.2 Å². The van der Waals surface area contributed by atoms with E-state index in [2.05, 4.69) is 91.0 Å². The van der Waals surface area contributed by atoms with Crippen molar-refractivity contribution in [2.24, 2.45) is 0 Å². The molecule has 36 heavy (non-hydrogen) atoms. The van der Waals surface area contributed by atoms with Gasteiger partial charge in [-0.05, 0) is 68.5 Å². The molecular formula is C32H45BrO2P+. The van der Waals surface area contributed by atoms with Gasteiger partial charge in [0, 0.05) is 19.8 Å². The van der Waals surface area contributed by atoms with Crippen LogP contribution in [0.5, 0.6) is 0 Å². The van der Waals surface area contributed by atoms with Gasteiger partial charge >= 0.3 is 0 Å². The maximum Gasteiger partial charge on any atom is 0.112 e. The topological polar surface area (TPSA) is 29.5 Å². The van der Waals surface area contributed by atoms with Gasteiger partial charge in [-0.15, -0.1) is 17.0 Å². The maximum absolute atomic E-state index is 8.79. The molecule has 0 saturated carbocycles. The van der Waals surface area contributed by atoms with Crippen LogP contribution in [0.25, 0.3) is 0 Å². The lowest BCUT2D eigenvalue weighted by molar-refractivity contribution is 0.121. The van der Waals surface area contributed by atoms with Gasteiger partial charge < -0.3 is 9.84 Å². The number of aliphatic hydroxyl groups excluding tert-OH is 1. The lowest BCUT2D eigenvalue weighted by Gasteiger charge is -2.27. The zero-order valence-corrected chi connectivity index (χ0v) is 24.4. The molecule has 0 radical (unpaired) electrons. The highest BCUT2D eigenvalue weighted by molar-refractivity contribution is 8.93. The fraction of sp³-hybridized carbons (Fsp3) is 0.438. The summed E-state index contributed by atoms with van der Waals surface area (Å²) >= 11 is 0. The second-order valence-corrected chi connectivity index (χ2v) is 13.0. The Morgan fingerprint density at radius 3 is 1.25 bits per heavy atom. The number of ether oxygens (including phenoxy) is 1. The van der Waals surface area contributed by atoms with Gasteiger partial charge in [0.15, 0.2) is 0 Å². The van der Waals surface area contributed by atoms with E-state index < -0.39 is 7.26 Å². The first-order valence-electron chi connectivity index (χ1n) is 13.6. The molecule has 3 rings (SSSR count). The average molecular weight is 573 g/mol. The fourth-order valence-corrected chi connectivity index (χ4v) is 9.32. The van der Waals surface area contributed by atoms with Gasteiger partial charge in [-0.25, -0.2) is 0 Å². The summed E-state index contributed by atoms with van der Waals surface area (Å²) in [6, 6.07) is 33.7. The molecule has 3 aromatic rings. The number of hydrogen-bond acceptors (Lipinski definition) is 2. The number of aliphatic hydroxyl groups is 1. The van der Waals surface area contributed by atoms with Gasteiger partial charge in [0.25, 0.3) is 0 Å². The van der Waals surface area contributed by atoms with Crippen molar-refractivity contribution < 1.29 is 9.84 Å². The van der Waals surface area contributed by atoms with E-state index in [1.807, 2.05) is 0 Å². The Bertz CT molecular complexity index is 809. The molecule has 4 heteroatoms. The number of rotatable bonds is 18. The van der Waals surface area contributed by atoms with Gasteiger partial charge in [-0.1, -0.05) is 86.7 Å². The van der Waals surface area contributed by atoms with Crippen molar-refractivity contribution in [3.8, 4) is 0 Å². The largest absolute Gasteiger partial charge is 0.396 e. The Morgan fingerprint density at radius 1 is 0.472 bits per heavy atom. The molecule has 3 aromatic carbocycles. The smallest absolute Gasteiger partial charge is 0.112 e. The summed E-state index contributed by atoms with van der Waals surface area (Å²) in [5.74, 6) is 0. The third-order valence-electron chi connectivity index (χ3n) is 6.82. The average Bonchev–Trinajstić information content (AvgIpc) is 2.93. The van der Waals surface area contributed by atoms with Crippen LogP contribution in [0.1, 0.15) is 64.2 Å². The standard InChI is InChI=1S/C32H44O2P.BrH/c33-26-16-18-28-34-27-17-5-3-1-2-4-6-19-29-35(30-20-10-7-11-21-30,31-22-12-8-13-23-31)32-24-14-9-15-25-32;/h7-15,20-25,33H,1-6,16-19,26-29H2;1H/q+1;. The predicted octanol–water partition coefficient (Wildman–Crippen LogP) is 7.47. The minimum absolute atomic E-state index is 0. The number of halogens is 1. The van der Waals surface area contributed by atoms with Crippen LogP contribution >= 0.6 is 24.2 Å². The van der Waals surface area contributed by atoms with Gasteiger partial charge in [-0.2, -0.15) is 0 Å². The van der Waals surface area contributed by atoms with Gasteiger partial charge in [0.2, 0.25) is 0 Å². The third-order valence-corrected chi connectivity index (χ3v) is 11.3. The molecule has 0 fully saturated rings. The Balaban J connectivity index is 0.00000456. The first-order valence-corrected chi connectivity index (χ1v) is 15.6. The molecule has 0 aliphatic carbocycles. The summed E-state index contributed by atoms with van der Waals surface area (Å²) in [6.07, 6.45) is 13.4. The van der Waals surface area contributed by atoms with Crippen molar-refractivity contribution in [1.29, 1.82) is 0 Å². The summed E-state index contributed by atoms with van der Waals surface area (Å²) in [7, 11) is -1.67. The van der Waals surface area contributed by atoms with Crippen LogP contribution in [-0.2, 0) is 4.74 Å². The van der Waals surface area contributed by atoms with E-state index in [0.717, 1.165) is 32.5 Å². The van der Waals surface area contributed by atoms with Crippen LogP contribution in [0.4, 0.5) is 0 Å². The molecule has 0 unspecified atom stereocenters. The molecule has 0 heterocycles. The minimum Gasteiger partial charge on any atom is -0.396 e. The highest BCUT2D eigenvalue weighted by Gasteiger charge is 2.44. The normalized spacial score (nSPS) is 11.2. The second-order valence-electron chi connectivity index (χ2n) is 9.41.